The van der Waals surface area contributed by atoms with Crippen molar-refractivity contribution in [3.63, 3.8) is 0 Å². The Hall–Kier alpha value is -3.09. The Labute approximate surface area is 205 Å². The lowest BCUT2D eigenvalue weighted by Gasteiger charge is -2.49. The van der Waals surface area contributed by atoms with E-state index in [1.165, 1.54) is 16.8 Å². The number of hydrogen-bond acceptors (Lipinski definition) is 5. The lowest BCUT2D eigenvalue weighted by atomic mass is 9.83. The largest absolute Gasteiger partial charge is 0.497 e. The highest BCUT2D eigenvalue weighted by Crippen LogP contribution is 2.38. The lowest BCUT2D eigenvalue weighted by Crippen LogP contribution is -2.60. The maximum Gasteiger partial charge on any atom is 0.225 e. The van der Waals surface area contributed by atoms with E-state index in [2.05, 4.69) is 44.4 Å². The summed E-state index contributed by atoms with van der Waals surface area (Å²) in [6.45, 7) is 3.95. The number of benzene rings is 2. The molecule has 2 aliphatic rings. The van der Waals surface area contributed by atoms with E-state index in [0.717, 1.165) is 42.5 Å². The van der Waals surface area contributed by atoms with E-state index in [0.29, 0.717) is 13.0 Å². The number of anilines is 1. The van der Waals surface area contributed by atoms with E-state index < -0.39 is 0 Å². The zero-order chi connectivity index (χ0) is 23.5. The van der Waals surface area contributed by atoms with E-state index in [1.54, 1.807) is 19.5 Å². The number of methoxy groups -OCH3 is 1. The third-order valence-electron chi connectivity index (χ3n) is 6.85. The van der Waals surface area contributed by atoms with Crippen LogP contribution in [-0.2, 0) is 24.3 Å². The Balaban J connectivity index is 1.37. The van der Waals surface area contributed by atoms with Gasteiger partial charge >= 0.3 is 0 Å². The highest BCUT2D eigenvalue weighted by atomic mass is 35.5. The molecule has 3 aromatic rings. The molecule has 0 aliphatic carbocycles. The molecule has 5 rings (SSSR count). The fraction of sp³-hybridized carbons (Fsp3) is 0.333. The van der Waals surface area contributed by atoms with Gasteiger partial charge < -0.3 is 15.0 Å². The number of carbonyl (C=O) groups is 1. The summed E-state index contributed by atoms with van der Waals surface area (Å²) in [5.74, 6) is 0.805. The van der Waals surface area contributed by atoms with Gasteiger partial charge in [-0.2, -0.15) is 0 Å². The molecule has 2 aliphatic heterocycles. The average molecular weight is 477 g/mol. The number of piperazine rings is 1. The van der Waals surface area contributed by atoms with Crippen LogP contribution in [0.2, 0.25) is 5.02 Å². The number of carbonyl (C=O) groups excluding carboxylic acids is 1. The zero-order valence-corrected chi connectivity index (χ0v) is 20.0. The van der Waals surface area contributed by atoms with Gasteiger partial charge in [0.05, 0.1) is 19.1 Å². The smallest absolute Gasteiger partial charge is 0.225 e. The molecule has 0 unspecified atom stereocenters. The number of hydrogen-bond donors (Lipinski definition) is 1. The summed E-state index contributed by atoms with van der Waals surface area (Å²) < 4.78 is 5.50. The van der Waals surface area contributed by atoms with Crippen LogP contribution in [-0.4, -0.2) is 48.6 Å². The van der Waals surface area contributed by atoms with Gasteiger partial charge in [-0.25, -0.2) is 0 Å². The molecule has 0 spiro atoms. The van der Waals surface area contributed by atoms with Crippen molar-refractivity contribution in [1.29, 1.82) is 0 Å². The summed E-state index contributed by atoms with van der Waals surface area (Å²) in [5.41, 5.74) is 4.62. The molecule has 3 heterocycles. The van der Waals surface area contributed by atoms with Gasteiger partial charge in [0.2, 0.25) is 5.91 Å². The van der Waals surface area contributed by atoms with Gasteiger partial charge in [0.15, 0.2) is 0 Å². The van der Waals surface area contributed by atoms with Crippen molar-refractivity contribution in [1.82, 2.24) is 15.2 Å². The highest BCUT2D eigenvalue weighted by Gasteiger charge is 2.41. The quantitative estimate of drug-likeness (QED) is 0.584. The number of nitrogens with zero attached hydrogens (tertiary/aromatic N) is 3. The Kier molecular flexibility index (Phi) is 6.70. The second kappa shape index (κ2) is 10.0. The predicted octanol–water partition coefficient (Wildman–Crippen LogP) is 3.92. The number of amides is 1. The van der Waals surface area contributed by atoms with Gasteiger partial charge in [0.1, 0.15) is 5.75 Å². The summed E-state index contributed by atoms with van der Waals surface area (Å²) in [6.07, 6.45) is 4.25. The predicted molar refractivity (Wildman–Crippen MR) is 134 cm³/mol. The molecule has 1 fully saturated rings. The molecule has 0 saturated carbocycles. The number of ether oxygens (including phenoxy) is 1. The van der Waals surface area contributed by atoms with Crippen molar-refractivity contribution >= 4 is 23.2 Å². The maximum absolute atomic E-state index is 13.4. The minimum Gasteiger partial charge on any atom is -0.497 e. The minimum absolute atomic E-state index is 0.0914. The number of aromatic nitrogens is 1. The van der Waals surface area contributed by atoms with Crippen LogP contribution in [0.4, 0.5) is 5.69 Å². The number of nitrogens with one attached hydrogen (secondary N) is 1. The van der Waals surface area contributed by atoms with Crippen molar-refractivity contribution in [3.05, 3.63) is 88.7 Å². The fourth-order valence-corrected chi connectivity index (χ4v) is 5.20. The van der Waals surface area contributed by atoms with Crippen LogP contribution in [0.5, 0.6) is 5.75 Å². The average Bonchev–Trinajstić information content (AvgIpc) is 2.88. The topological polar surface area (TPSA) is 57.7 Å². The highest BCUT2D eigenvalue weighted by molar-refractivity contribution is 6.30. The molecule has 6 nitrogen and oxygen atoms in total. The van der Waals surface area contributed by atoms with Crippen LogP contribution in [0.25, 0.3) is 0 Å². The summed E-state index contributed by atoms with van der Waals surface area (Å²) in [7, 11) is 1.70. The van der Waals surface area contributed by atoms with Crippen molar-refractivity contribution in [2.45, 2.75) is 25.6 Å². The first-order valence-corrected chi connectivity index (χ1v) is 12.1. The summed E-state index contributed by atoms with van der Waals surface area (Å²) >= 11 is 6.07. The molecular weight excluding hydrogens is 448 g/mol. The molecule has 176 valence electrons. The normalized spacial score (nSPS) is 19.8. The van der Waals surface area contributed by atoms with E-state index in [1.807, 2.05) is 30.3 Å². The standard InChI is InChI=1S/C27H29ClN4O2/c1-34-23-9-6-21-13-24(27(33)30-16-20-3-2-10-29-15-20)26-18-31(11-12-32(26)25(21)14-23)17-19-4-7-22(28)8-5-19/h2-10,14-15,24,26H,11-13,16-18H2,1H3,(H,30,33)/t24-,26-/m1/s1. The minimum atomic E-state index is -0.134. The fourth-order valence-electron chi connectivity index (χ4n) is 5.08. The first-order chi connectivity index (χ1) is 16.6. The molecule has 2 aromatic carbocycles. The Morgan fingerprint density at radius 2 is 2.00 bits per heavy atom. The van der Waals surface area contributed by atoms with E-state index in [-0.39, 0.29) is 17.9 Å². The van der Waals surface area contributed by atoms with Crippen molar-refractivity contribution < 1.29 is 9.53 Å². The van der Waals surface area contributed by atoms with E-state index in [9.17, 15) is 4.79 Å². The van der Waals surface area contributed by atoms with Crippen molar-refractivity contribution in [2.24, 2.45) is 5.92 Å². The van der Waals surface area contributed by atoms with Gasteiger partial charge in [0.25, 0.3) is 0 Å². The number of pyridine rings is 1. The number of fused-ring (bicyclic) bond motifs is 3. The molecule has 2 atom stereocenters. The van der Waals surface area contributed by atoms with Crippen molar-refractivity contribution in [3.8, 4) is 5.75 Å². The van der Waals surface area contributed by atoms with Crippen LogP contribution < -0.4 is 15.0 Å². The lowest BCUT2D eigenvalue weighted by molar-refractivity contribution is -0.126. The van der Waals surface area contributed by atoms with E-state index in [4.69, 9.17) is 16.3 Å². The maximum atomic E-state index is 13.4. The van der Waals surface area contributed by atoms with Crippen molar-refractivity contribution in [2.75, 3.05) is 31.6 Å². The third kappa shape index (κ3) is 4.88. The molecular formula is C27H29ClN4O2. The van der Waals surface area contributed by atoms with Gasteiger partial charge in [-0.15, -0.1) is 0 Å². The molecule has 0 radical (unpaired) electrons. The summed E-state index contributed by atoms with van der Waals surface area (Å²) in [4.78, 5) is 22.5. The Morgan fingerprint density at radius 1 is 1.15 bits per heavy atom. The Morgan fingerprint density at radius 3 is 2.76 bits per heavy atom. The van der Waals surface area contributed by atoms with Crippen LogP contribution in [0.1, 0.15) is 16.7 Å². The molecule has 0 bridgehead atoms. The van der Waals surface area contributed by atoms with Gasteiger partial charge in [0, 0.05) is 61.9 Å². The van der Waals surface area contributed by atoms with Gasteiger partial charge in [-0.05, 0) is 47.4 Å². The summed E-state index contributed by atoms with van der Waals surface area (Å²) in [5, 5.41) is 3.91. The van der Waals surface area contributed by atoms with Crippen LogP contribution in [0.15, 0.2) is 67.0 Å². The number of rotatable bonds is 6. The second-order valence-electron chi connectivity index (χ2n) is 9.01. The molecule has 1 amide bonds. The van der Waals surface area contributed by atoms with Crippen LogP contribution >= 0.6 is 11.6 Å². The van der Waals surface area contributed by atoms with Crippen LogP contribution in [0, 0.1) is 5.92 Å². The monoisotopic (exact) mass is 476 g/mol. The van der Waals surface area contributed by atoms with Gasteiger partial charge in [-0.1, -0.05) is 35.9 Å². The van der Waals surface area contributed by atoms with Gasteiger partial charge in [-0.3, -0.25) is 14.7 Å². The zero-order valence-electron chi connectivity index (χ0n) is 19.3. The third-order valence-corrected chi connectivity index (χ3v) is 7.11. The first-order valence-electron chi connectivity index (χ1n) is 11.7. The molecule has 34 heavy (non-hydrogen) atoms. The molecule has 7 heteroatoms. The SMILES string of the molecule is COc1ccc2c(c1)N1CCN(Cc3ccc(Cl)cc3)C[C@@H]1[C@H](C(=O)NCc1cccnc1)C2. The molecule has 1 aromatic heterocycles. The van der Waals surface area contributed by atoms with E-state index >= 15 is 0 Å². The molecule has 1 N–H and O–H groups in total. The number of halogens is 1. The first kappa shape index (κ1) is 22.7. The second-order valence-corrected chi connectivity index (χ2v) is 9.44. The summed E-state index contributed by atoms with van der Waals surface area (Å²) in [6, 6.07) is 18.2. The Bertz CT molecular complexity index is 1140. The molecule has 1 saturated heterocycles. The van der Waals surface area contributed by atoms with Crippen LogP contribution in [0.3, 0.4) is 0 Å².